The van der Waals surface area contributed by atoms with E-state index < -0.39 is 15.7 Å². The van der Waals surface area contributed by atoms with E-state index >= 15 is 0 Å². The van der Waals surface area contributed by atoms with Gasteiger partial charge >= 0.3 is 0 Å². The van der Waals surface area contributed by atoms with Crippen LogP contribution in [0.25, 0.3) is 0 Å². The largest absolute Gasteiger partial charge is 0.378 e. The molecular formula is C12H15FO3S. The van der Waals surface area contributed by atoms with Gasteiger partial charge in [-0.1, -0.05) is 6.07 Å². The van der Waals surface area contributed by atoms with E-state index in [4.69, 9.17) is 4.74 Å². The first-order valence-electron chi connectivity index (χ1n) is 5.68. The Morgan fingerprint density at radius 2 is 2.24 bits per heavy atom. The van der Waals surface area contributed by atoms with E-state index in [0.29, 0.717) is 13.0 Å². The van der Waals surface area contributed by atoms with Gasteiger partial charge in [0.25, 0.3) is 0 Å². The average Bonchev–Trinajstić information content (AvgIpc) is 2.79. The molecule has 1 saturated heterocycles. The van der Waals surface area contributed by atoms with Crippen molar-refractivity contribution in [2.75, 3.05) is 12.4 Å². The van der Waals surface area contributed by atoms with E-state index in [0.717, 1.165) is 18.9 Å². The lowest BCUT2D eigenvalue weighted by atomic mass is 10.2. The van der Waals surface area contributed by atoms with Gasteiger partial charge in [-0.2, -0.15) is 0 Å². The summed E-state index contributed by atoms with van der Waals surface area (Å²) in [6.07, 6.45) is 2.43. The highest BCUT2D eigenvalue weighted by atomic mass is 32.2. The Balaban J connectivity index is 2.03. The van der Waals surface area contributed by atoms with Gasteiger partial charge < -0.3 is 4.74 Å². The van der Waals surface area contributed by atoms with Crippen molar-refractivity contribution in [3.8, 4) is 0 Å². The first-order valence-corrected chi connectivity index (χ1v) is 7.33. The van der Waals surface area contributed by atoms with E-state index in [1.54, 1.807) is 0 Å². The van der Waals surface area contributed by atoms with Crippen molar-refractivity contribution >= 4 is 9.84 Å². The molecule has 5 heteroatoms. The zero-order valence-corrected chi connectivity index (χ0v) is 10.2. The number of sulfone groups is 1. The molecule has 1 aromatic rings. The molecule has 1 heterocycles. The van der Waals surface area contributed by atoms with Crippen molar-refractivity contribution in [2.45, 2.75) is 30.3 Å². The van der Waals surface area contributed by atoms with Crippen LogP contribution in [0.3, 0.4) is 0 Å². The number of halogens is 1. The van der Waals surface area contributed by atoms with Gasteiger partial charge in [-0.25, -0.2) is 12.8 Å². The lowest BCUT2D eigenvalue weighted by Gasteiger charge is -2.09. The predicted octanol–water partition coefficient (Wildman–Crippen LogP) is 2.17. The van der Waals surface area contributed by atoms with E-state index in [1.807, 2.05) is 0 Å². The quantitative estimate of drug-likeness (QED) is 0.831. The Kier molecular flexibility index (Phi) is 3.79. The molecule has 0 amide bonds. The van der Waals surface area contributed by atoms with Crippen molar-refractivity contribution in [1.82, 2.24) is 0 Å². The fraction of sp³-hybridized carbons (Fsp3) is 0.500. The fourth-order valence-electron chi connectivity index (χ4n) is 1.94. The smallest absolute Gasteiger partial charge is 0.178 e. The van der Waals surface area contributed by atoms with Gasteiger partial charge in [0.1, 0.15) is 5.82 Å². The zero-order valence-electron chi connectivity index (χ0n) is 9.43. The molecule has 0 aromatic heterocycles. The van der Waals surface area contributed by atoms with Crippen LogP contribution in [0, 0.1) is 5.82 Å². The van der Waals surface area contributed by atoms with Crippen LogP contribution in [0.4, 0.5) is 4.39 Å². The van der Waals surface area contributed by atoms with Gasteiger partial charge in [-0.3, -0.25) is 0 Å². The Hall–Kier alpha value is -0.940. The zero-order chi connectivity index (χ0) is 12.3. The van der Waals surface area contributed by atoms with Gasteiger partial charge in [-0.05, 0) is 37.5 Å². The number of hydrogen-bond acceptors (Lipinski definition) is 3. The molecule has 1 aliphatic rings. The first-order chi connectivity index (χ1) is 8.08. The maximum Gasteiger partial charge on any atom is 0.178 e. The van der Waals surface area contributed by atoms with Crippen LogP contribution in [-0.2, 0) is 14.6 Å². The molecule has 0 spiro atoms. The minimum absolute atomic E-state index is 0.0150. The average molecular weight is 258 g/mol. The molecule has 1 aliphatic heterocycles. The molecule has 0 aliphatic carbocycles. The van der Waals surface area contributed by atoms with E-state index in [1.165, 1.54) is 18.2 Å². The summed E-state index contributed by atoms with van der Waals surface area (Å²) in [7, 11) is -3.39. The molecule has 0 saturated carbocycles. The van der Waals surface area contributed by atoms with Crippen molar-refractivity contribution in [3.63, 3.8) is 0 Å². The first kappa shape index (κ1) is 12.5. The Morgan fingerprint density at radius 1 is 1.41 bits per heavy atom. The number of ether oxygens (including phenoxy) is 1. The minimum atomic E-state index is -3.39. The third kappa shape index (κ3) is 3.26. The Morgan fingerprint density at radius 3 is 2.88 bits per heavy atom. The van der Waals surface area contributed by atoms with Gasteiger partial charge in [0.15, 0.2) is 9.84 Å². The van der Waals surface area contributed by atoms with E-state index in [-0.39, 0.29) is 16.8 Å². The van der Waals surface area contributed by atoms with Crippen molar-refractivity contribution in [1.29, 1.82) is 0 Å². The number of hydrogen-bond donors (Lipinski definition) is 0. The lowest BCUT2D eigenvalue weighted by Crippen LogP contribution is -2.14. The van der Waals surface area contributed by atoms with Gasteiger partial charge in [0.05, 0.1) is 16.8 Å². The summed E-state index contributed by atoms with van der Waals surface area (Å²) < 4.78 is 42.2. The molecule has 1 fully saturated rings. The second kappa shape index (κ2) is 5.14. The highest BCUT2D eigenvalue weighted by Crippen LogP contribution is 2.19. The monoisotopic (exact) mass is 258 g/mol. The van der Waals surface area contributed by atoms with Crippen LogP contribution in [0.1, 0.15) is 19.3 Å². The Labute approximate surface area is 101 Å². The number of rotatable bonds is 4. The molecular weight excluding hydrogens is 243 g/mol. The third-order valence-corrected chi connectivity index (χ3v) is 4.63. The summed E-state index contributed by atoms with van der Waals surface area (Å²) in [5.74, 6) is -0.510. The predicted molar refractivity (Wildman–Crippen MR) is 62.0 cm³/mol. The van der Waals surface area contributed by atoms with Crippen LogP contribution in [0.5, 0.6) is 0 Å². The molecule has 0 N–H and O–H groups in total. The van der Waals surface area contributed by atoms with Crippen molar-refractivity contribution in [3.05, 3.63) is 30.1 Å². The topological polar surface area (TPSA) is 43.4 Å². The maximum atomic E-state index is 12.9. The molecule has 1 atom stereocenters. The molecule has 3 nitrogen and oxygen atoms in total. The maximum absolute atomic E-state index is 12.9. The molecule has 0 radical (unpaired) electrons. The molecule has 17 heavy (non-hydrogen) atoms. The minimum Gasteiger partial charge on any atom is -0.378 e. The van der Waals surface area contributed by atoms with Crippen LogP contribution >= 0.6 is 0 Å². The second-order valence-corrected chi connectivity index (χ2v) is 6.31. The summed E-state index contributed by atoms with van der Waals surface area (Å²) in [6.45, 7) is 0.713. The van der Waals surface area contributed by atoms with Crippen LogP contribution in [0.2, 0.25) is 0 Å². The fourth-order valence-corrected chi connectivity index (χ4v) is 3.32. The molecule has 94 valence electrons. The molecule has 1 unspecified atom stereocenters. The van der Waals surface area contributed by atoms with Gasteiger partial charge in [0.2, 0.25) is 0 Å². The van der Waals surface area contributed by atoms with Gasteiger partial charge in [-0.15, -0.1) is 0 Å². The van der Waals surface area contributed by atoms with Crippen molar-refractivity contribution < 1.29 is 17.5 Å². The molecule has 0 bridgehead atoms. The second-order valence-electron chi connectivity index (χ2n) is 4.20. The number of benzene rings is 1. The van der Waals surface area contributed by atoms with Gasteiger partial charge in [0, 0.05) is 6.61 Å². The van der Waals surface area contributed by atoms with E-state index in [9.17, 15) is 12.8 Å². The molecule has 1 aromatic carbocycles. The SMILES string of the molecule is O=S(=O)(CCC1CCCO1)c1cccc(F)c1. The lowest BCUT2D eigenvalue weighted by molar-refractivity contribution is 0.109. The van der Waals surface area contributed by atoms with Crippen LogP contribution in [0.15, 0.2) is 29.2 Å². The highest BCUT2D eigenvalue weighted by molar-refractivity contribution is 7.91. The third-order valence-electron chi connectivity index (χ3n) is 2.89. The summed E-state index contributed by atoms with van der Waals surface area (Å²) in [5.41, 5.74) is 0. The normalized spacial score (nSPS) is 20.6. The summed E-state index contributed by atoms with van der Waals surface area (Å²) in [5, 5.41) is 0. The Bertz CT molecular complexity index is 478. The highest BCUT2D eigenvalue weighted by Gasteiger charge is 2.21. The summed E-state index contributed by atoms with van der Waals surface area (Å²) in [4.78, 5) is 0.0514. The molecule has 2 rings (SSSR count). The van der Waals surface area contributed by atoms with Crippen LogP contribution < -0.4 is 0 Å². The van der Waals surface area contributed by atoms with Crippen molar-refractivity contribution in [2.24, 2.45) is 0 Å². The standard InChI is InChI=1S/C12H15FO3S/c13-10-3-1-5-12(9-10)17(14,15)8-6-11-4-2-7-16-11/h1,3,5,9,11H,2,4,6-8H2. The van der Waals surface area contributed by atoms with E-state index in [2.05, 4.69) is 0 Å². The van der Waals surface area contributed by atoms with Crippen LogP contribution in [-0.4, -0.2) is 26.9 Å². The summed E-state index contributed by atoms with van der Waals surface area (Å²) >= 11 is 0. The summed E-state index contributed by atoms with van der Waals surface area (Å²) in [6, 6.07) is 5.13.